The van der Waals surface area contributed by atoms with Crippen LogP contribution in [-0.4, -0.2) is 15.4 Å². The number of aromatic nitrogens is 3. The molecule has 2 aromatic carbocycles. The molecule has 0 amide bonds. The van der Waals surface area contributed by atoms with Crippen LogP contribution in [0.25, 0.3) is 11.3 Å². The van der Waals surface area contributed by atoms with E-state index in [-0.39, 0.29) is 23.6 Å². The minimum Gasteiger partial charge on any atom is -0.457 e. The molecule has 0 saturated heterocycles. The highest BCUT2D eigenvalue weighted by Gasteiger charge is 2.32. The maximum absolute atomic E-state index is 13.2. The Kier molecular flexibility index (Phi) is 4.65. The van der Waals surface area contributed by atoms with Crippen LogP contribution in [-0.2, 0) is 12.7 Å². The fourth-order valence-corrected chi connectivity index (χ4v) is 2.35. The van der Waals surface area contributed by atoms with Crippen LogP contribution in [0.5, 0.6) is 11.5 Å². The third-order valence-corrected chi connectivity index (χ3v) is 3.63. The SMILES string of the molecule is NCc1[nH]nnc1-c1cc(Oc2ccc(Cl)cc2)cc(C(F)(F)F)c1. The van der Waals surface area contributed by atoms with Crippen molar-refractivity contribution in [2.45, 2.75) is 12.7 Å². The van der Waals surface area contributed by atoms with E-state index in [1.807, 2.05) is 0 Å². The van der Waals surface area contributed by atoms with Gasteiger partial charge < -0.3 is 10.5 Å². The monoisotopic (exact) mass is 368 g/mol. The first kappa shape index (κ1) is 17.2. The lowest BCUT2D eigenvalue weighted by Gasteiger charge is -2.13. The molecule has 0 saturated carbocycles. The summed E-state index contributed by atoms with van der Waals surface area (Å²) in [7, 11) is 0. The predicted octanol–water partition coefficient (Wildman–Crippen LogP) is 4.39. The molecule has 0 fully saturated rings. The second kappa shape index (κ2) is 6.73. The normalized spacial score (nSPS) is 11.6. The van der Waals surface area contributed by atoms with Crippen molar-refractivity contribution >= 4 is 11.6 Å². The van der Waals surface area contributed by atoms with Gasteiger partial charge in [-0.25, -0.2) is 0 Å². The van der Waals surface area contributed by atoms with Gasteiger partial charge in [-0.1, -0.05) is 16.8 Å². The molecule has 25 heavy (non-hydrogen) atoms. The number of nitrogens with zero attached hydrogens (tertiary/aromatic N) is 2. The molecule has 0 aliphatic heterocycles. The minimum atomic E-state index is -4.54. The van der Waals surface area contributed by atoms with E-state index in [0.29, 0.717) is 16.5 Å². The molecule has 0 unspecified atom stereocenters. The highest BCUT2D eigenvalue weighted by atomic mass is 35.5. The minimum absolute atomic E-state index is 0.0121. The van der Waals surface area contributed by atoms with Crippen LogP contribution in [0.4, 0.5) is 13.2 Å². The van der Waals surface area contributed by atoms with E-state index in [1.165, 1.54) is 6.07 Å². The molecule has 0 radical (unpaired) electrons. The van der Waals surface area contributed by atoms with Crippen LogP contribution >= 0.6 is 11.6 Å². The molecule has 0 spiro atoms. The maximum Gasteiger partial charge on any atom is 0.416 e. The zero-order valence-electron chi connectivity index (χ0n) is 12.6. The highest BCUT2D eigenvalue weighted by molar-refractivity contribution is 6.30. The highest BCUT2D eigenvalue weighted by Crippen LogP contribution is 2.37. The Morgan fingerprint density at radius 3 is 2.44 bits per heavy atom. The van der Waals surface area contributed by atoms with Gasteiger partial charge in [-0.15, -0.1) is 5.10 Å². The first-order chi connectivity index (χ1) is 11.9. The molecule has 0 atom stereocenters. The molecule has 3 aromatic rings. The largest absolute Gasteiger partial charge is 0.457 e. The van der Waals surface area contributed by atoms with Crippen molar-refractivity contribution in [3.8, 4) is 22.8 Å². The van der Waals surface area contributed by atoms with Gasteiger partial charge in [-0.05, 0) is 42.5 Å². The van der Waals surface area contributed by atoms with Gasteiger partial charge >= 0.3 is 6.18 Å². The Bertz CT molecular complexity index is 878. The lowest BCUT2D eigenvalue weighted by Crippen LogP contribution is -2.06. The molecule has 1 aromatic heterocycles. The van der Waals surface area contributed by atoms with Crippen molar-refractivity contribution in [3.05, 3.63) is 58.7 Å². The number of hydrogen-bond acceptors (Lipinski definition) is 4. The summed E-state index contributed by atoms with van der Waals surface area (Å²) in [5, 5.41) is 10.5. The van der Waals surface area contributed by atoms with E-state index in [4.69, 9.17) is 22.1 Å². The third kappa shape index (κ3) is 3.92. The average Bonchev–Trinajstić information content (AvgIpc) is 3.04. The van der Waals surface area contributed by atoms with Gasteiger partial charge in [0.05, 0.1) is 11.3 Å². The number of hydrogen-bond donors (Lipinski definition) is 2. The van der Waals surface area contributed by atoms with Gasteiger partial charge in [0.2, 0.25) is 0 Å². The smallest absolute Gasteiger partial charge is 0.416 e. The van der Waals surface area contributed by atoms with Crippen molar-refractivity contribution < 1.29 is 17.9 Å². The Labute approximate surface area is 145 Å². The zero-order chi connectivity index (χ0) is 18.0. The van der Waals surface area contributed by atoms with Gasteiger partial charge in [0.25, 0.3) is 0 Å². The van der Waals surface area contributed by atoms with Crippen LogP contribution < -0.4 is 10.5 Å². The number of nitrogens with two attached hydrogens (primary N) is 1. The molecule has 0 bridgehead atoms. The number of alkyl halides is 3. The van der Waals surface area contributed by atoms with E-state index in [0.717, 1.165) is 12.1 Å². The van der Waals surface area contributed by atoms with Crippen LogP contribution in [0, 0.1) is 0 Å². The van der Waals surface area contributed by atoms with E-state index >= 15 is 0 Å². The summed E-state index contributed by atoms with van der Waals surface area (Å²) in [5.74, 6) is 0.368. The first-order valence-electron chi connectivity index (χ1n) is 7.13. The molecule has 3 rings (SSSR count). The van der Waals surface area contributed by atoms with Crippen LogP contribution in [0.1, 0.15) is 11.3 Å². The van der Waals surface area contributed by atoms with Crippen LogP contribution in [0.3, 0.4) is 0 Å². The molecule has 5 nitrogen and oxygen atoms in total. The average molecular weight is 369 g/mol. The van der Waals surface area contributed by atoms with Crippen molar-refractivity contribution in [2.75, 3.05) is 0 Å². The topological polar surface area (TPSA) is 76.8 Å². The van der Waals surface area contributed by atoms with E-state index in [9.17, 15) is 13.2 Å². The lowest BCUT2D eigenvalue weighted by atomic mass is 10.1. The number of benzene rings is 2. The standard InChI is InChI=1S/C16H12ClF3N4O/c17-11-1-3-12(4-2-11)25-13-6-9(5-10(7-13)16(18,19)20)15-14(8-21)22-24-23-15/h1-7H,8,21H2,(H,22,23,24). The molecular formula is C16H12ClF3N4O. The Morgan fingerprint density at radius 1 is 1.08 bits per heavy atom. The molecular weight excluding hydrogens is 357 g/mol. The van der Waals surface area contributed by atoms with Gasteiger partial charge in [-0.3, -0.25) is 5.10 Å². The number of rotatable bonds is 4. The molecule has 9 heteroatoms. The van der Waals surface area contributed by atoms with Gasteiger partial charge in [0, 0.05) is 17.1 Å². The number of ether oxygens (including phenoxy) is 1. The summed E-state index contributed by atoms with van der Waals surface area (Å²) in [6.07, 6.45) is -4.54. The summed E-state index contributed by atoms with van der Waals surface area (Å²) >= 11 is 5.79. The second-order valence-corrected chi connectivity index (χ2v) is 5.58. The molecule has 3 N–H and O–H groups in total. The molecule has 0 aliphatic carbocycles. The number of aromatic amines is 1. The van der Waals surface area contributed by atoms with Crippen LogP contribution in [0.2, 0.25) is 5.02 Å². The van der Waals surface area contributed by atoms with Gasteiger partial charge in [-0.2, -0.15) is 13.2 Å². The van der Waals surface area contributed by atoms with Gasteiger partial charge in [0.15, 0.2) is 0 Å². The number of nitrogens with one attached hydrogen (secondary N) is 1. The fourth-order valence-electron chi connectivity index (χ4n) is 2.22. The van der Waals surface area contributed by atoms with Crippen LogP contribution in [0.15, 0.2) is 42.5 Å². The van der Waals surface area contributed by atoms with E-state index in [1.54, 1.807) is 24.3 Å². The van der Waals surface area contributed by atoms with Crippen molar-refractivity contribution in [3.63, 3.8) is 0 Å². The summed E-state index contributed by atoms with van der Waals surface area (Å²) in [6, 6.07) is 9.62. The van der Waals surface area contributed by atoms with Crippen molar-refractivity contribution in [1.29, 1.82) is 0 Å². The zero-order valence-corrected chi connectivity index (χ0v) is 13.4. The van der Waals surface area contributed by atoms with Gasteiger partial charge in [0.1, 0.15) is 17.2 Å². The van der Waals surface area contributed by atoms with Crippen molar-refractivity contribution in [1.82, 2.24) is 15.4 Å². The Balaban J connectivity index is 2.05. The summed E-state index contributed by atoms with van der Waals surface area (Å²) in [4.78, 5) is 0. The number of halogens is 4. The maximum atomic E-state index is 13.2. The molecule has 1 heterocycles. The summed E-state index contributed by atoms with van der Waals surface area (Å²) in [6.45, 7) is 0.0615. The molecule has 130 valence electrons. The van der Waals surface area contributed by atoms with Crippen molar-refractivity contribution in [2.24, 2.45) is 5.73 Å². The lowest BCUT2D eigenvalue weighted by molar-refractivity contribution is -0.137. The van der Waals surface area contributed by atoms with E-state index < -0.39 is 11.7 Å². The quantitative estimate of drug-likeness (QED) is 0.715. The predicted molar refractivity (Wildman–Crippen MR) is 86.2 cm³/mol. The summed E-state index contributed by atoms with van der Waals surface area (Å²) < 4.78 is 45.2. The number of H-pyrrole nitrogens is 1. The fraction of sp³-hybridized carbons (Fsp3) is 0.125. The van der Waals surface area contributed by atoms with E-state index in [2.05, 4.69) is 15.4 Å². The third-order valence-electron chi connectivity index (χ3n) is 3.38. The summed E-state index contributed by atoms with van der Waals surface area (Å²) in [5.41, 5.74) is 5.57. The second-order valence-electron chi connectivity index (χ2n) is 5.14. The Morgan fingerprint density at radius 2 is 1.80 bits per heavy atom. The first-order valence-corrected chi connectivity index (χ1v) is 7.50. The Hall–Kier alpha value is -2.58. The molecule has 0 aliphatic rings.